The van der Waals surface area contributed by atoms with Crippen LogP contribution in [0.1, 0.15) is 23.7 Å². The van der Waals surface area contributed by atoms with Crippen molar-refractivity contribution < 1.29 is 4.79 Å². The lowest BCUT2D eigenvalue weighted by molar-refractivity contribution is 0.0828. The summed E-state index contributed by atoms with van der Waals surface area (Å²) in [6.45, 7) is 2.16. The summed E-state index contributed by atoms with van der Waals surface area (Å²) < 4.78 is 0. The van der Waals surface area contributed by atoms with Crippen molar-refractivity contribution in [2.45, 2.75) is 19.4 Å². The van der Waals surface area contributed by atoms with E-state index in [1.165, 1.54) is 0 Å². The maximum atomic E-state index is 12.3. The molecule has 1 aromatic rings. The van der Waals surface area contributed by atoms with Gasteiger partial charge in [0.1, 0.15) is 0 Å². The van der Waals surface area contributed by atoms with E-state index in [0.29, 0.717) is 17.3 Å². The number of hydrogen-bond donors (Lipinski definition) is 1. The molecule has 0 aliphatic heterocycles. The van der Waals surface area contributed by atoms with Gasteiger partial charge in [-0.3, -0.25) is 4.79 Å². The van der Waals surface area contributed by atoms with Gasteiger partial charge in [0, 0.05) is 38.6 Å². The molecule has 0 saturated heterocycles. The first-order chi connectivity index (χ1) is 9.42. The van der Waals surface area contributed by atoms with Crippen molar-refractivity contribution in [1.29, 1.82) is 0 Å². The van der Waals surface area contributed by atoms with Crippen molar-refractivity contribution in [2.75, 3.05) is 43.8 Å². The van der Waals surface area contributed by atoms with Crippen LogP contribution in [0.25, 0.3) is 0 Å². The molecule has 0 radical (unpaired) electrons. The standard InChI is InChI=1S/C15H25N3OS/c1-6-12(10-20-5)18(4)14-9-11(16)7-8-13(14)15(19)17(2)3/h7-9,12H,6,10,16H2,1-5H3. The van der Waals surface area contributed by atoms with Gasteiger partial charge < -0.3 is 15.5 Å². The largest absolute Gasteiger partial charge is 0.399 e. The van der Waals surface area contributed by atoms with Gasteiger partial charge in [-0.25, -0.2) is 0 Å². The molecule has 1 unspecified atom stereocenters. The average molecular weight is 295 g/mol. The highest BCUT2D eigenvalue weighted by molar-refractivity contribution is 7.98. The Morgan fingerprint density at radius 3 is 2.50 bits per heavy atom. The minimum absolute atomic E-state index is 0.00542. The topological polar surface area (TPSA) is 49.6 Å². The first kappa shape index (κ1) is 16.7. The summed E-state index contributed by atoms with van der Waals surface area (Å²) in [4.78, 5) is 16.1. The first-order valence-electron chi connectivity index (χ1n) is 6.75. The SMILES string of the molecule is CCC(CSC)N(C)c1cc(N)ccc1C(=O)N(C)C. The summed E-state index contributed by atoms with van der Waals surface area (Å²) in [5.74, 6) is 1.03. The van der Waals surface area contributed by atoms with Crippen LogP contribution in [0, 0.1) is 0 Å². The van der Waals surface area contributed by atoms with E-state index in [4.69, 9.17) is 5.73 Å². The van der Waals surface area contributed by atoms with Gasteiger partial charge in [-0.05, 0) is 30.9 Å². The molecule has 0 aliphatic carbocycles. The first-order valence-corrected chi connectivity index (χ1v) is 8.14. The zero-order valence-electron chi connectivity index (χ0n) is 13.0. The Bertz CT molecular complexity index is 462. The summed E-state index contributed by atoms with van der Waals surface area (Å²) >= 11 is 1.81. The molecule has 20 heavy (non-hydrogen) atoms. The molecule has 0 heterocycles. The van der Waals surface area contributed by atoms with E-state index >= 15 is 0 Å². The van der Waals surface area contributed by atoms with Crippen molar-refractivity contribution >= 4 is 29.0 Å². The van der Waals surface area contributed by atoms with Gasteiger partial charge in [-0.15, -0.1) is 0 Å². The van der Waals surface area contributed by atoms with Crippen LogP contribution < -0.4 is 10.6 Å². The molecule has 0 saturated carbocycles. The van der Waals surface area contributed by atoms with Gasteiger partial charge >= 0.3 is 0 Å². The Morgan fingerprint density at radius 1 is 1.35 bits per heavy atom. The third kappa shape index (κ3) is 3.82. The van der Waals surface area contributed by atoms with Crippen LogP contribution in [0.15, 0.2) is 18.2 Å². The molecule has 0 bridgehead atoms. The van der Waals surface area contributed by atoms with Crippen LogP contribution in [0.2, 0.25) is 0 Å². The van der Waals surface area contributed by atoms with E-state index in [1.54, 1.807) is 25.1 Å². The molecule has 4 nitrogen and oxygen atoms in total. The van der Waals surface area contributed by atoms with E-state index in [-0.39, 0.29) is 5.91 Å². The molecule has 1 amide bonds. The normalized spacial score (nSPS) is 12.1. The molecule has 1 atom stereocenters. The van der Waals surface area contributed by atoms with Crippen LogP contribution in [0.5, 0.6) is 0 Å². The molecule has 0 aliphatic rings. The number of thioether (sulfide) groups is 1. The van der Waals surface area contributed by atoms with Gasteiger partial charge in [-0.2, -0.15) is 11.8 Å². The fraction of sp³-hybridized carbons (Fsp3) is 0.533. The van der Waals surface area contributed by atoms with Gasteiger partial charge in [0.15, 0.2) is 0 Å². The Labute approximate surface area is 126 Å². The van der Waals surface area contributed by atoms with Gasteiger partial charge in [-0.1, -0.05) is 6.92 Å². The summed E-state index contributed by atoms with van der Waals surface area (Å²) in [6.07, 6.45) is 3.13. The summed E-state index contributed by atoms with van der Waals surface area (Å²) in [5, 5.41) is 0. The highest BCUT2D eigenvalue weighted by atomic mass is 32.2. The second-order valence-corrected chi connectivity index (χ2v) is 6.02. The minimum atomic E-state index is 0.00542. The quantitative estimate of drug-likeness (QED) is 0.819. The third-order valence-corrected chi connectivity index (χ3v) is 4.13. The smallest absolute Gasteiger partial charge is 0.255 e. The highest BCUT2D eigenvalue weighted by Gasteiger charge is 2.20. The number of carbonyl (C=O) groups excluding carboxylic acids is 1. The lowest BCUT2D eigenvalue weighted by Crippen LogP contribution is -2.35. The fourth-order valence-electron chi connectivity index (χ4n) is 2.15. The van der Waals surface area contributed by atoms with E-state index in [0.717, 1.165) is 17.9 Å². The lowest BCUT2D eigenvalue weighted by Gasteiger charge is -2.31. The Morgan fingerprint density at radius 2 is 2.00 bits per heavy atom. The molecule has 2 N–H and O–H groups in total. The number of nitrogens with two attached hydrogens (primary N) is 1. The predicted octanol–water partition coefficient (Wildman–Crippen LogP) is 2.55. The van der Waals surface area contributed by atoms with Crippen LogP contribution in [0.4, 0.5) is 11.4 Å². The number of nitrogens with zero attached hydrogens (tertiary/aromatic N) is 2. The molecular formula is C15H25N3OS. The summed E-state index contributed by atoms with van der Waals surface area (Å²) in [6, 6.07) is 5.87. The lowest BCUT2D eigenvalue weighted by atomic mass is 10.1. The minimum Gasteiger partial charge on any atom is -0.399 e. The van der Waals surface area contributed by atoms with Gasteiger partial charge in [0.05, 0.1) is 11.3 Å². The van der Waals surface area contributed by atoms with Crippen LogP contribution in [-0.4, -0.2) is 50.0 Å². The van der Waals surface area contributed by atoms with Crippen molar-refractivity contribution in [3.63, 3.8) is 0 Å². The highest BCUT2D eigenvalue weighted by Crippen LogP contribution is 2.27. The van der Waals surface area contributed by atoms with Crippen LogP contribution >= 0.6 is 11.8 Å². The molecule has 0 spiro atoms. The van der Waals surface area contributed by atoms with Crippen molar-refractivity contribution in [1.82, 2.24) is 4.90 Å². The molecule has 5 heteroatoms. The van der Waals surface area contributed by atoms with Gasteiger partial charge in [0.25, 0.3) is 5.91 Å². The number of amides is 1. The number of anilines is 2. The van der Waals surface area contributed by atoms with Crippen molar-refractivity contribution in [3.05, 3.63) is 23.8 Å². The van der Waals surface area contributed by atoms with E-state index in [1.807, 2.05) is 30.9 Å². The maximum absolute atomic E-state index is 12.3. The fourth-order valence-corrected chi connectivity index (χ4v) is 3.00. The zero-order chi connectivity index (χ0) is 15.3. The zero-order valence-corrected chi connectivity index (χ0v) is 13.8. The molecule has 112 valence electrons. The molecule has 0 fully saturated rings. The van der Waals surface area contributed by atoms with Gasteiger partial charge in [0.2, 0.25) is 0 Å². The van der Waals surface area contributed by atoms with E-state index in [2.05, 4.69) is 18.1 Å². The molecule has 1 rings (SSSR count). The molecule has 1 aromatic carbocycles. The Hall–Kier alpha value is -1.36. The van der Waals surface area contributed by atoms with E-state index < -0.39 is 0 Å². The second kappa shape index (κ2) is 7.43. The number of rotatable bonds is 6. The number of nitrogen functional groups attached to an aromatic ring is 1. The monoisotopic (exact) mass is 295 g/mol. The van der Waals surface area contributed by atoms with Crippen molar-refractivity contribution in [3.8, 4) is 0 Å². The van der Waals surface area contributed by atoms with Crippen molar-refractivity contribution in [2.24, 2.45) is 0 Å². The maximum Gasteiger partial charge on any atom is 0.255 e. The second-order valence-electron chi connectivity index (χ2n) is 5.10. The molecule has 0 aromatic heterocycles. The Kier molecular flexibility index (Phi) is 6.20. The number of hydrogen-bond acceptors (Lipinski definition) is 4. The summed E-state index contributed by atoms with van der Waals surface area (Å²) in [5.41, 5.74) is 8.19. The average Bonchev–Trinajstić information content (AvgIpc) is 2.43. The third-order valence-electron chi connectivity index (χ3n) is 3.42. The van der Waals surface area contributed by atoms with Crippen LogP contribution in [-0.2, 0) is 0 Å². The number of carbonyl (C=O) groups is 1. The van der Waals surface area contributed by atoms with E-state index in [9.17, 15) is 4.79 Å². The summed E-state index contributed by atoms with van der Waals surface area (Å²) in [7, 11) is 5.56. The molecular weight excluding hydrogens is 270 g/mol. The number of benzene rings is 1. The predicted molar refractivity (Wildman–Crippen MR) is 89.7 cm³/mol. The Balaban J connectivity index is 3.20. The van der Waals surface area contributed by atoms with Crippen LogP contribution in [0.3, 0.4) is 0 Å².